The number of amides is 3. The van der Waals surface area contributed by atoms with Gasteiger partial charge in [0.1, 0.15) is 5.75 Å². The lowest BCUT2D eigenvalue weighted by molar-refractivity contribution is -0.120. The van der Waals surface area contributed by atoms with Crippen LogP contribution in [-0.4, -0.2) is 23.6 Å². The van der Waals surface area contributed by atoms with Crippen molar-refractivity contribution in [2.75, 3.05) is 11.4 Å². The predicted octanol–water partition coefficient (Wildman–Crippen LogP) is 1.96. The van der Waals surface area contributed by atoms with E-state index >= 15 is 0 Å². The van der Waals surface area contributed by atoms with Crippen LogP contribution in [-0.2, 0) is 4.79 Å². The molecule has 18 heavy (non-hydrogen) atoms. The Bertz CT molecular complexity index is 497. The number of urea groups is 1. The zero-order valence-corrected chi connectivity index (χ0v) is 10.4. The Morgan fingerprint density at radius 3 is 2.61 bits per heavy atom. The van der Waals surface area contributed by atoms with E-state index in [1.165, 1.54) is 4.90 Å². The van der Waals surface area contributed by atoms with Crippen LogP contribution in [0.4, 0.5) is 10.5 Å². The zero-order valence-electron chi connectivity index (χ0n) is 10.4. The molecule has 0 aromatic heterocycles. The standard InChI is InChI=1S/C13H16N2O3/c1-8(2)10-4-3-9(7-11(10)16)15-6-5-12(17)14-13(15)18/h3-4,7-8,16H,5-6H2,1-2H3,(H,14,17,18). The van der Waals surface area contributed by atoms with E-state index in [9.17, 15) is 14.7 Å². The summed E-state index contributed by atoms with van der Waals surface area (Å²) in [4.78, 5) is 24.1. The van der Waals surface area contributed by atoms with Crippen LogP contribution in [0.25, 0.3) is 0 Å². The maximum atomic E-state index is 11.6. The number of nitrogens with one attached hydrogen (secondary N) is 1. The first kappa shape index (κ1) is 12.4. The van der Waals surface area contributed by atoms with Crippen LogP contribution >= 0.6 is 0 Å². The van der Waals surface area contributed by atoms with Crippen molar-refractivity contribution in [1.29, 1.82) is 0 Å². The maximum absolute atomic E-state index is 11.6. The Hall–Kier alpha value is -2.04. The lowest BCUT2D eigenvalue weighted by Gasteiger charge is -2.27. The van der Waals surface area contributed by atoms with Crippen molar-refractivity contribution in [3.63, 3.8) is 0 Å². The van der Waals surface area contributed by atoms with Gasteiger partial charge in [-0.05, 0) is 17.5 Å². The van der Waals surface area contributed by atoms with Gasteiger partial charge in [0.2, 0.25) is 5.91 Å². The number of carbonyl (C=O) groups excluding carboxylic acids is 2. The Morgan fingerprint density at radius 2 is 2.06 bits per heavy atom. The van der Waals surface area contributed by atoms with E-state index in [4.69, 9.17) is 0 Å². The molecule has 3 amide bonds. The highest BCUT2D eigenvalue weighted by Gasteiger charge is 2.24. The minimum Gasteiger partial charge on any atom is -0.508 e. The van der Waals surface area contributed by atoms with E-state index in [0.29, 0.717) is 12.2 Å². The fourth-order valence-electron chi connectivity index (χ4n) is 2.00. The van der Waals surface area contributed by atoms with Gasteiger partial charge < -0.3 is 5.11 Å². The normalized spacial score (nSPS) is 16.1. The molecule has 1 heterocycles. The lowest BCUT2D eigenvalue weighted by Crippen LogP contribution is -2.49. The summed E-state index contributed by atoms with van der Waals surface area (Å²) in [5.74, 6) is 0.127. The molecule has 0 bridgehead atoms. The number of aromatic hydroxyl groups is 1. The van der Waals surface area contributed by atoms with Crippen molar-refractivity contribution in [2.45, 2.75) is 26.2 Å². The number of phenolic OH excluding ortho intramolecular Hbond substituents is 1. The van der Waals surface area contributed by atoms with Crippen molar-refractivity contribution in [2.24, 2.45) is 0 Å². The van der Waals surface area contributed by atoms with Gasteiger partial charge in [-0.2, -0.15) is 0 Å². The quantitative estimate of drug-likeness (QED) is 0.840. The largest absolute Gasteiger partial charge is 0.508 e. The van der Waals surface area contributed by atoms with Gasteiger partial charge in [0, 0.05) is 24.7 Å². The molecule has 1 aromatic carbocycles. The van der Waals surface area contributed by atoms with Crippen LogP contribution in [0.5, 0.6) is 5.75 Å². The zero-order chi connectivity index (χ0) is 13.3. The molecule has 0 aliphatic carbocycles. The number of phenols is 1. The van der Waals surface area contributed by atoms with Gasteiger partial charge in [-0.3, -0.25) is 15.0 Å². The van der Waals surface area contributed by atoms with Crippen molar-refractivity contribution in [3.8, 4) is 5.75 Å². The van der Waals surface area contributed by atoms with E-state index in [1.54, 1.807) is 18.2 Å². The molecule has 1 saturated heterocycles. The molecular weight excluding hydrogens is 232 g/mol. The van der Waals surface area contributed by atoms with Gasteiger partial charge in [0.25, 0.3) is 0 Å². The Labute approximate surface area is 105 Å². The number of carbonyl (C=O) groups is 2. The minimum absolute atomic E-state index is 0.173. The second-order valence-corrected chi connectivity index (χ2v) is 4.65. The second-order valence-electron chi connectivity index (χ2n) is 4.65. The van der Waals surface area contributed by atoms with E-state index in [2.05, 4.69) is 5.32 Å². The average Bonchev–Trinajstić information content (AvgIpc) is 2.28. The first-order valence-corrected chi connectivity index (χ1v) is 5.93. The lowest BCUT2D eigenvalue weighted by atomic mass is 10.0. The van der Waals surface area contributed by atoms with Gasteiger partial charge in [0.05, 0.1) is 0 Å². The number of hydrogen-bond donors (Lipinski definition) is 2. The topological polar surface area (TPSA) is 69.6 Å². The van der Waals surface area contributed by atoms with Crippen molar-refractivity contribution in [1.82, 2.24) is 5.32 Å². The molecular formula is C13H16N2O3. The molecule has 0 radical (unpaired) electrons. The smallest absolute Gasteiger partial charge is 0.328 e. The van der Waals surface area contributed by atoms with E-state index < -0.39 is 6.03 Å². The third kappa shape index (κ3) is 2.30. The van der Waals surface area contributed by atoms with Gasteiger partial charge in [-0.15, -0.1) is 0 Å². The first-order chi connectivity index (χ1) is 8.49. The molecule has 1 fully saturated rings. The summed E-state index contributed by atoms with van der Waals surface area (Å²) in [6.07, 6.45) is 0.276. The number of rotatable bonds is 2. The minimum atomic E-state index is -0.442. The molecule has 0 unspecified atom stereocenters. The summed E-state index contributed by atoms with van der Waals surface area (Å²) in [7, 11) is 0. The summed E-state index contributed by atoms with van der Waals surface area (Å²) in [6, 6.07) is 4.71. The molecule has 2 N–H and O–H groups in total. The van der Waals surface area contributed by atoms with Crippen LogP contribution in [0.3, 0.4) is 0 Å². The van der Waals surface area contributed by atoms with Crippen molar-refractivity contribution in [3.05, 3.63) is 23.8 Å². The Kier molecular flexibility index (Phi) is 3.23. The van der Waals surface area contributed by atoms with Gasteiger partial charge >= 0.3 is 6.03 Å². The number of benzene rings is 1. The van der Waals surface area contributed by atoms with E-state index in [1.807, 2.05) is 13.8 Å². The fourth-order valence-corrected chi connectivity index (χ4v) is 2.00. The van der Waals surface area contributed by atoms with E-state index in [0.717, 1.165) is 5.56 Å². The number of imide groups is 1. The number of hydrogen-bond acceptors (Lipinski definition) is 3. The monoisotopic (exact) mass is 248 g/mol. The highest BCUT2D eigenvalue weighted by molar-refractivity contribution is 6.05. The van der Waals surface area contributed by atoms with Crippen LogP contribution < -0.4 is 10.2 Å². The van der Waals surface area contributed by atoms with Crippen LogP contribution in [0.2, 0.25) is 0 Å². The number of anilines is 1. The summed E-state index contributed by atoms with van der Waals surface area (Å²) >= 11 is 0. The molecule has 0 atom stereocenters. The molecule has 96 valence electrons. The van der Waals surface area contributed by atoms with Crippen molar-refractivity contribution >= 4 is 17.6 Å². The predicted molar refractivity (Wildman–Crippen MR) is 67.7 cm³/mol. The van der Waals surface area contributed by atoms with E-state index in [-0.39, 0.29) is 24.0 Å². The summed E-state index contributed by atoms with van der Waals surface area (Å²) in [5, 5.41) is 12.2. The highest BCUT2D eigenvalue weighted by Crippen LogP contribution is 2.30. The SMILES string of the molecule is CC(C)c1ccc(N2CCC(=O)NC2=O)cc1O. The van der Waals surface area contributed by atoms with Gasteiger partial charge in [-0.25, -0.2) is 4.79 Å². The molecule has 0 saturated carbocycles. The number of nitrogens with zero attached hydrogens (tertiary/aromatic N) is 1. The van der Waals surface area contributed by atoms with Crippen LogP contribution in [0, 0.1) is 0 Å². The Morgan fingerprint density at radius 1 is 1.33 bits per heavy atom. The Balaban J connectivity index is 2.27. The molecule has 1 aliphatic rings. The second kappa shape index (κ2) is 4.68. The van der Waals surface area contributed by atoms with Gasteiger partial charge in [0.15, 0.2) is 0 Å². The summed E-state index contributed by atoms with van der Waals surface area (Å²) < 4.78 is 0. The molecule has 0 spiro atoms. The maximum Gasteiger partial charge on any atom is 0.328 e. The summed E-state index contributed by atoms with van der Waals surface area (Å²) in [6.45, 7) is 4.31. The summed E-state index contributed by atoms with van der Waals surface area (Å²) in [5.41, 5.74) is 1.44. The molecule has 2 rings (SSSR count). The average molecular weight is 248 g/mol. The third-order valence-corrected chi connectivity index (χ3v) is 3.00. The fraction of sp³-hybridized carbons (Fsp3) is 0.385. The van der Waals surface area contributed by atoms with Crippen LogP contribution in [0.15, 0.2) is 18.2 Å². The molecule has 5 heteroatoms. The van der Waals surface area contributed by atoms with Gasteiger partial charge in [-0.1, -0.05) is 19.9 Å². The van der Waals surface area contributed by atoms with Crippen LogP contribution in [0.1, 0.15) is 31.7 Å². The molecule has 5 nitrogen and oxygen atoms in total. The first-order valence-electron chi connectivity index (χ1n) is 5.93. The third-order valence-electron chi connectivity index (χ3n) is 3.00. The molecule has 1 aromatic rings. The van der Waals surface area contributed by atoms with Crippen molar-refractivity contribution < 1.29 is 14.7 Å². The highest BCUT2D eigenvalue weighted by atomic mass is 16.3. The molecule has 1 aliphatic heterocycles.